The van der Waals surface area contributed by atoms with E-state index in [0.29, 0.717) is 12.2 Å². The van der Waals surface area contributed by atoms with Crippen LogP contribution < -0.4 is 10.5 Å². The molecule has 0 aromatic heterocycles. The normalized spacial score (nSPS) is 9.95. The van der Waals surface area contributed by atoms with Crippen molar-refractivity contribution < 1.29 is 4.74 Å². The first-order valence-electron chi connectivity index (χ1n) is 6.09. The number of anilines is 1. The second kappa shape index (κ2) is 5.45. The highest BCUT2D eigenvalue weighted by molar-refractivity contribution is 5.50. The van der Waals surface area contributed by atoms with Crippen LogP contribution in [0.25, 0.3) is 0 Å². The van der Waals surface area contributed by atoms with Crippen LogP contribution in [0.1, 0.15) is 22.3 Å². The number of hydrogen-bond acceptors (Lipinski definition) is 3. The van der Waals surface area contributed by atoms with E-state index < -0.39 is 0 Å². The van der Waals surface area contributed by atoms with E-state index in [0.717, 1.165) is 28.1 Å². The molecule has 0 aliphatic rings. The molecule has 2 rings (SSSR count). The van der Waals surface area contributed by atoms with Gasteiger partial charge in [-0.25, -0.2) is 0 Å². The molecule has 19 heavy (non-hydrogen) atoms. The smallest absolute Gasteiger partial charge is 0.124 e. The van der Waals surface area contributed by atoms with Gasteiger partial charge in [-0.15, -0.1) is 0 Å². The summed E-state index contributed by atoms with van der Waals surface area (Å²) in [6, 6.07) is 13.3. The molecule has 0 fully saturated rings. The first kappa shape index (κ1) is 13.0. The monoisotopic (exact) mass is 252 g/mol. The van der Waals surface area contributed by atoms with Gasteiger partial charge in [0.1, 0.15) is 12.4 Å². The minimum atomic E-state index is 0.451. The van der Waals surface area contributed by atoms with Crippen molar-refractivity contribution in [2.45, 2.75) is 20.5 Å². The van der Waals surface area contributed by atoms with E-state index in [1.807, 2.05) is 38.1 Å². The van der Waals surface area contributed by atoms with Gasteiger partial charge in [0, 0.05) is 5.69 Å². The minimum Gasteiger partial charge on any atom is -0.489 e. The lowest BCUT2D eigenvalue weighted by Gasteiger charge is -2.12. The predicted octanol–water partition coefficient (Wildman–Crippen LogP) is 3.34. The fourth-order valence-electron chi connectivity index (χ4n) is 1.84. The van der Waals surface area contributed by atoms with Crippen molar-refractivity contribution in [3.8, 4) is 11.8 Å². The van der Waals surface area contributed by atoms with Gasteiger partial charge in [0.25, 0.3) is 0 Å². The van der Waals surface area contributed by atoms with Crippen LogP contribution in [0, 0.1) is 25.2 Å². The SMILES string of the molecule is Cc1ccc(C#N)cc1OCc1cccc(N)c1C. The molecule has 2 N–H and O–H groups in total. The lowest BCUT2D eigenvalue weighted by molar-refractivity contribution is 0.303. The number of nitrogens with zero attached hydrogens (tertiary/aromatic N) is 1. The second-order valence-corrected chi connectivity index (χ2v) is 4.51. The third kappa shape index (κ3) is 2.86. The lowest BCUT2D eigenvalue weighted by atomic mass is 10.1. The second-order valence-electron chi connectivity index (χ2n) is 4.51. The molecule has 3 heteroatoms. The van der Waals surface area contributed by atoms with Gasteiger partial charge in [-0.2, -0.15) is 5.26 Å². The molecule has 0 bridgehead atoms. The van der Waals surface area contributed by atoms with E-state index in [9.17, 15) is 0 Å². The van der Waals surface area contributed by atoms with E-state index in [-0.39, 0.29) is 0 Å². The molecule has 96 valence electrons. The Morgan fingerprint density at radius 1 is 1.21 bits per heavy atom. The Hall–Kier alpha value is -2.47. The number of rotatable bonds is 3. The molecule has 0 heterocycles. The molecule has 2 aromatic rings. The molecule has 0 aliphatic carbocycles. The van der Waals surface area contributed by atoms with Gasteiger partial charge < -0.3 is 10.5 Å². The molecule has 2 aromatic carbocycles. The zero-order valence-electron chi connectivity index (χ0n) is 11.1. The van der Waals surface area contributed by atoms with Crippen molar-refractivity contribution >= 4 is 5.69 Å². The molecule has 0 amide bonds. The maximum Gasteiger partial charge on any atom is 0.124 e. The summed E-state index contributed by atoms with van der Waals surface area (Å²) in [6.07, 6.45) is 0. The van der Waals surface area contributed by atoms with E-state index in [1.54, 1.807) is 12.1 Å². The van der Waals surface area contributed by atoms with Crippen LogP contribution in [-0.2, 0) is 6.61 Å². The Balaban J connectivity index is 2.19. The lowest BCUT2D eigenvalue weighted by Crippen LogP contribution is -2.01. The number of nitrogen functional groups attached to an aromatic ring is 1. The van der Waals surface area contributed by atoms with Crippen LogP contribution in [0.3, 0.4) is 0 Å². The Morgan fingerprint density at radius 3 is 2.74 bits per heavy atom. The van der Waals surface area contributed by atoms with E-state index in [2.05, 4.69) is 6.07 Å². The van der Waals surface area contributed by atoms with Crippen LogP contribution in [-0.4, -0.2) is 0 Å². The van der Waals surface area contributed by atoms with Crippen LogP contribution in [0.15, 0.2) is 36.4 Å². The van der Waals surface area contributed by atoms with Gasteiger partial charge in [0.05, 0.1) is 11.6 Å². The number of nitriles is 1. The quantitative estimate of drug-likeness (QED) is 0.852. The van der Waals surface area contributed by atoms with E-state index in [1.165, 1.54) is 0 Å². The zero-order chi connectivity index (χ0) is 13.8. The van der Waals surface area contributed by atoms with Gasteiger partial charge in [-0.05, 0) is 48.7 Å². The summed E-state index contributed by atoms with van der Waals surface area (Å²) >= 11 is 0. The van der Waals surface area contributed by atoms with Gasteiger partial charge >= 0.3 is 0 Å². The number of ether oxygens (including phenoxy) is 1. The number of hydrogen-bond donors (Lipinski definition) is 1. The topological polar surface area (TPSA) is 59.0 Å². The average molecular weight is 252 g/mol. The van der Waals surface area contributed by atoms with Crippen molar-refractivity contribution in [1.82, 2.24) is 0 Å². The van der Waals surface area contributed by atoms with Crippen LogP contribution in [0.2, 0.25) is 0 Å². The minimum absolute atomic E-state index is 0.451. The molecule has 0 saturated carbocycles. The maximum absolute atomic E-state index is 8.90. The molecule has 0 aliphatic heterocycles. The Morgan fingerprint density at radius 2 is 2.00 bits per heavy atom. The summed E-state index contributed by atoms with van der Waals surface area (Å²) in [6.45, 7) is 4.39. The summed E-state index contributed by atoms with van der Waals surface area (Å²) in [5.41, 5.74) is 10.3. The molecule has 0 radical (unpaired) electrons. The molecular weight excluding hydrogens is 236 g/mol. The van der Waals surface area contributed by atoms with E-state index in [4.69, 9.17) is 15.7 Å². The molecule has 0 unspecified atom stereocenters. The Labute approximate surface area is 113 Å². The van der Waals surface area contributed by atoms with Crippen LogP contribution in [0.5, 0.6) is 5.75 Å². The van der Waals surface area contributed by atoms with Crippen LogP contribution >= 0.6 is 0 Å². The van der Waals surface area contributed by atoms with Crippen molar-refractivity contribution in [3.05, 3.63) is 58.7 Å². The third-order valence-corrected chi connectivity index (χ3v) is 3.19. The summed E-state index contributed by atoms with van der Waals surface area (Å²) in [4.78, 5) is 0. The summed E-state index contributed by atoms with van der Waals surface area (Å²) in [7, 11) is 0. The fraction of sp³-hybridized carbons (Fsp3) is 0.188. The van der Waals surface area contributed by atoms with Gasteiger partial charge in [-0.3, -0.25) is 0 Å². The number of nitrogens with two attached hydrogens (primary N) is 1. The largest absolute Gasteiger partial charge is 0.489 e. The predicted molar refractivity (Wildman–Crippen MR) is 75.8 cm³/mol. The van der Waals surface area contributed by atoms with Crippen molar-refractivity contribution in [2.75, 3.05) is 5.73 Å². The molecular formula is C16H16N2O. The van der Waals surface area contributed by atoms with Gasteiger partial charge in [0.15, 0.2) is 0 Å². The van der Waals surface area contributed by atoms with Crippen molar-refractivity contribution in [3.63, 3.8) is 0 Å². The van der Waals surface area contributed by atoms with Crippen molar-refractivity contribution in [1.29, 1.82) is 5.26 Å². The average Bonchev–Trinajstić information content (AvgIpc) is 2.42. The first-order valence-corrected chi connectivity index (χ1v) is 6.09. The summed E-state index contributed by atoms with van der Waals surface area (Å²) < 4.78 is 5.79. The molecule has 3 nitrogen and oxygen atoms in total. The zero-order valence-corrected chi connectivity index (χ0v) is 11.1. The van der Waals surface area contributed by atoms with Gasteiger partial charge in [-0.1, -0.05) is 18.2 Å². The number of benzene rings is 2. The van der Waals surface area contributed by atoms with Crippen molar-refractivity contribution in [2.24, 2.45) is 0 Å². The van der Waals surface area contributed by atoms with Crippen LogP contribution in [0.4, 0.5) is 5.69 Å². The standard InChI is InChI=1S/C16H16N2O/c1-11-6-7-13(9-17)8-16(11)19-10-14-4-3-5-15(18)12(14)2/h3-8H,10,18H2,1-2H3. The molecule has 0 saturated heterocycles. The summed E-state index contributed by atoms with van der Waals surface area (Å²) in [5.74, 6) is 0.737. The summed E-state index contributed by atoms with van der Waals surface area (Å²) in [5, 5.41) is 8.90. The highest BCUT2D eigenvalue weighted by Crippen LogP contribution is 2.22. The maximum atomic E-state index is 8.90. The number of aryl methyl sites for hydroxylation is 1. The third-order valence-electron chi connectivity index (χ3n) is 3.19. The highest BCUT2D eigenvalue weighted by Gasteiger charge is 2.05. The first-order chi connectivity index (χ1) is 9.11. The Kier molecular flexibility index (Phi) is 3.72. The molecule has 0 spiro atoms. The van der Waals surface area contributed by atoms with E-state index >= 15 is 0 Å². The molecule has 0 atom stereocenters. The fourth-order valence-corrected chi connectivity index (χ4v) is 1.84. The Bertz CT molecular complexity index is 642. The highest BCUT2D eigenvalue weighted by atomic mass is 16.5. The van der Waals surface area contributed by atoms with Gasteiger partial charge in [0.2, 0.25) is 0 Å².